The summed E-state index contributed by atoms with van der Waals surface area (Å²) in [7, 11) is 0. The third-order valence-electron chi connectivity index (χ3n) is 2.64. The first-order chi connectivity index (χ1) is 9.49. The van der Waals surface area contributed by atoms with Crippen molar-refractivity contribution in [3.05, 3.63) is 23.9 Å². The van der Waals surface area contributed by atoms with Crippen LogP contribution in [-0.2, 0) is 4.79 Å². The van der Waals surface area contributed by atoms with Crippen molar-refractivity contribution >= 4 is 17.5 Å². The standard InChI is InChI=1S/C12H15N5O3/c1-8(2)6-16(7-11(18)19)12(20)9-4-3-5-10-13-14-15-17(9)10/h3-5,8H,6-7H2,1-2H3,(H,18,19). The Hall–Kier alpha value is -2.51. The minimum atomic E-state index is -1.05. The van der Waals surface area contributed by atoms with E-state index in [-0.39, 0.29) is 18.2 Å². The number of carbonyl (C=O) groups is 2. The minimum absolute atomic E-state index is 0.159. The highest BCUT2D eigenvalue weighted by Gasteiger charge is 2.22. The zero-order valence-electron chi connectivity index (χ0n) is 11.2. The van der Waals surface area contributed by atoms with Gasteiger partial charge in [-0.2, -0.15) is 4.52 Å². The quantitative estimate of drug-likeness (QED) is 0.844. The first-order valence-electron chi connectivity index (χ1n) is 6.17. The first-order valence-corrected chi connectivity index (χ1v) is 6.17. The molecule has 106 valence electrons. The molecule has 0 aliphatic rings. The fourth-order valence-electron chi connectivity index (χ4n) is 1.91. The molecule has 2 aromatic rings. The largest absolute Gasteiger partial charge is 0.480 e. The fourth-order valence-corrected chi connectivity index (χ4v) is 1.91. The molecule has 8 heteroatoms. The van der Waals surface area contributed by atoms with Gasteiger partial charge >= 0.3 is 5.97 Å². The Bertz CT molecular complexity index is 637. The van der Waals surface area contributed by atoms with Crippen LogP contribution >= 0.6 is 0 Å². The van der Waals surface area contributed by atoms with E-state index in [0.717, 1.165) is 0 Å². The number of amides is 1. The number of carbonyl (C=O) groups excluding carboxylic acids is 1. The van der Waals surface area contributed by atoms with Crippen LogP contribution in [0, 0.1) is 5.92 Å². The highest BCUT2D eigenvalue weighted by molar-refractivity contribution is 5.94. The lowest BCUT2D eigenvalue weighted by Gasteiger charge is -2.22. The van der Waals surface area contributed by atoms with Gasteiger partial charge < -0.3 is 10.0 Å². The van der Waals surface area contributed by atoms with Gasteiger partial charge in [-0.05, 0) is 28.5 Å². The normalized spacial score (nSPS) is 10.9. The number of fused-ring (bicyclic) bond motifs is 1. The number of nitrogens with zero attached hydrogens (tertiary/aromatic N) is 5. The van der Waals surface area contributed by atoms with Crippen LogP contribution in [0.5, 0.6) is 0 Å². The molecule has 8 nitrogen and oxygen atoms in total. The Labute approximate surface area is 115 Å². The van der Waals surface area contributed by atoms with Crippen LogP contribution in [0.2, 0.25) is 0 Å². The van der Waals surface area contributed by atoms with Crippen molar-refractivity contribution in [2.75, 3.05) is 13.1 Å². The van der Waals surface area contributed by atoms with Crippen LogP contribution in [0.25, 0.3) is 5.65 Å². The molecule has 2 rings (SSSR count). The molecule has 0 aromatic carbocycles. The molecule has 0 fully saturated rings. The monoisotopic (exact) mass is 277 g/mol. The second-order valence-corrected chi connectivity index (χ2v) is 4.83. The van der Waals surface area contributed by atoms with E-state index in [2.05, 4.69) is 15.5 Å². The van der Waals surface area contributed by atoms with Gasteiger partial charge in [-0.3, -0.25) is 9.59 Å². The highest BCUT2D eigenvalue weighted by Crippen LogP contribution is 2.09. The van der Waals surface area contributed by atoms with Crippen molar-refractivity contribution in [1.29, 1.82) is 0 Å². The smallest absolute Gasteiger partial charge is 0.323 e. The van der Waals surface area contributed by atoms with Crippen LogP contribution in [-0.4, -0.2) is 55.0 Å². The number of carboxylic acid groups (broad SMARTS) is 1. The van der Waals surface area contributed by atoms with E-state index < -0.39 is 11.9 Å². The van der Waals surface area contributed by atoms with Crippen LogP contribution in [0.15, 0.2) is 18.2 Å². The maximum atomic E-state index is 12.5. The maximum absolute atomic E-state index is 12.5. The van der Waals surface area contributed by atoms with Crippen molar-refractivity contribution in [3.63, 3.8) is 0 Å². The van der Waals surface area contributed by atoms with Gasteiger partial charge in [0.1, 0.15) is 12.2 Å². The van der Waals surface area contributed by atoms with E-state index in [1.807, 2.05) is 13.8 Å². The summed E-state index contributed by atoms with van der Waals surface area (Å²) in [6, 6.07) is 4.90. The number of rotatable bonds is 5. The SMILES string of the molecule is CC(C)CN(CC(=O)O)C(=O)c1cccc2nnnn12. The Kier molecular flexibility index (Phi) is 3.92. The molecule has 0 aliphatic heterocycles. The van der Waals surface area contributed by atoms with Gasteiger partial charge in [0.2, 0.25) is 0 Å². The molecule has 1 amide bonds. The highest BCUT2D eigenvalue weighted by atomic mass is 16.4. The van der Waals surface area contributed by atoms with Gasteiger partial charge in [0, 0.05) is 6.54 Å². The van der Waals surface area contributed by atoms with E-state index in [1.54, 1.807) is 18.2 Å². The molecule has 0 spiro atoms. The summed E-state index contributed by atoms with van der Waals surface area (Å²) in [5.41, 5.74) is 0.685. The summed E-state index contributed by atoms with van der Waals surface area (Å²) in [5.74, 6) is -1.30. The second kappa shape index (κ2) is 5.64. The van der Waals surface area contributed by atoms with Crippen molar-refractivity contribution in [3.8, 4) is 0 Å². The summed E-state index contributed by atoms with van der Waals surface area (Å²) < 4.78 is 1.30. The van der Waals surface area contributed by atoms with Crippen LogP contribution < -0.4 is 0 Å². The molecule has 0 aliphatic carbocycles. The van der Waals surface area contributed by atoms with Crippen molar-refractivity contribution in [1.82, 2.24) is 24.9 Å². The van der Waals surface area contributed by atoms with Gasteiger partial charge in [-0.15, -0.1) is 5.10 Å². The lowest BCUT2D eigenvalue weighted by molar-refractivity contribution is -0.137. The summed E-state index contributed by atoms with van der Waals surface area (Å²) in [6.07, 6.45) is 0. The minimum Gasteiger partial charge on any atom is -0.480 e. The molecular weight excluding hydrogens is 262 g/mol. The Morgan fingerprint density at radius 3 is 2.80 bits per heavy atom. The molecule has 2 heterocycles. The van der Waals surface area contributed by atoms with Gasteiger partial charge in [-0.25, -0.2) is 0 Å². The molecule has 1 N–H and O–H groups in total. The lowest BCUT2D eigenvalue weighted by Crippen LogP contribution is -2.39. The van der Waals surface area contributed by atoms with Gasteiger partial charge in [0.15, 0.2) is 5.65 Å². The molecule has 0 unspecified atom stereocenters. The van der Waals surface area contributed by atoms with E-state index in [1.165, 1.54) is 9.42 Å². The zero-order valence-corrected chi connectivity index (χ0v) is 11.2. The molecule has 0 saturated heterocycles. The predicted molar refractivity (Wildman–Crippen MR) is 69.2 cm³/mol. The number of hydrogen-bond acceptors (Lipinski definition) is 5. The maximum Gasteiger partial charge on any atom is 0.323 e. The Morgan fingerprint density at radius 2 is 2.15 bits per heavy atom. The molecule has 0 radical (unpaired) electrons. The Morgan fingerprint density at radius 1 is 1.40 bits per heavy atom. The molecule has 0 saturated carbocycles. The topological polar surface area (TPSA) is 101 Å². The third kappa shape index (κ3) is 2.90. The van der Waals surface area contributed by atoms with Crippen molar-refractivity contribution < 1.29 is 14.7 Å². The fraction of sp³-hybridized carbons (Fsp3) is 0.417. The lowest BCUT2D eigenvalue weighted by atomic mass is 10.2. The number of aliphatic carboxylic acids is 1. The first kappa shape index (κ1) is 13.9. The van der Waals surface area contributed by atoms with Crippen molar-refractivity contribution in [2.45, 2.75) is 13.8 Å². The summed E-state index contributed by atoms with van der Waals surface area (Å²) in [5, 5.41) is 19.9. The number of carboxylic acids is 1. The number of tetrazole rings is 1. The van der Waals surface area contributed by atoms with Crippen LogP contribution in [0.1, 0.15) is 24.3 Å². The number of hydrogen-bond donors (Lipinski definition) is 1. The van der Waals surface area contributed by atoms with Gasteiger partial charge in [-0.1, -0.05) is 19.9 Å². The van der Waals surface area contributed by atoms with Crippen LogP contribution in [0.4, 0.5) is 0 Å². The predicted octanol–water partition coefficient (Wildman–Crippen LogP) is 0.307. The zero-order chi connectivity index (χ0) is 14.7. The van der Waals surface area contributed by atoms with E-state index >= 15 is 0 Å². The van der Waals surface area contributed by atoms with Crippen molar-refractivity contribution in [2.24, 2.45) is 5.92 Å². The Balaban J connectivity index is 2.35. The number of aromatic nitrogens is 4. The van der Waals surface area contributed by atoms with Gasteiger partial charge in [0.05, 0.1) is 0 Å². The summed E-state index contributed by atoms with van der Waals surface area (Å²) in [4.78, 5) is 24.7. The van der Waals surface area contributed by atoms with E-state index in [9.17, 15) is 9.59 Å². The molecule has 0 bridgehead atoms. The van der Waals surface area contributed by atoms with Crippen LogP contribution in [0.3, 0.4) is 0 Å². The van der Waals surface area contributed by atoms with Gasteiger partial charge in [0.25, 0.3) is 5.91 Å². The molecule has 0 atom stereocenters. The average molecular weight is 277 g/mol. The molecule has 2 aromatic heterocycles. The average Bonchev–Trinajstić information content (AvgIpc) is 2.83. The molecular formula is C12H15N5O3. The third-order valence-corrected chi connectivity index (χ3v) is 2.64. The number of pyridine rings is 1. The van der Waals surface area contributed by atoms with E-state index in [0.29, 0.717) is 12.2 Å². The summed E-state index contributed by atoms with van der Waals surface area (Å²) >= 11 is 0. The second-order valence-electron chi connectivity index (χ2n) is 4.83. The van der Waals surface area contributed by atoms with E-state index in [4.69, 9.17) is 5.11 Å². The summed E-state index contributed by atoms with van der Waals surface area (Å²) in [6.45, 7) is 3.83. The molecule has 20 heavy (non-hydrogen) atoms.